The topological polar surface area (TPSA) is 67.0 Å². The maximum Gasteiger partial charge on any atom is 0.252 e. The van der Waals surface area contributed by atoms with E-state index >= 15 is 0 Å². The van der Waals surface area contributed by atoms with Gasteiger partial charge in [-0.2, -0.15) is 0 Å². The molecule has 0 amide bonds. The third kappa shape index (κ3) is 3.10. The van der Waals surface area contributed by atoms with Crippen molar-refractivity contribution in [3.05, 3.63) is 52.1 Å². The molecule has 2 N–H and O–H groups in total. The number of aromatic nitrogens is 2. The lowest BCUT2D eigenvalue weighted by atomic mass is 10.2. The summed E-state index contributed by atoms with van der Waals surface area (Å²) in [5.41, 5.74) is 0.907. The number of H-pyrrole nitrogens is 1. The van der Waals surface area contributed by atoms with Gasteiger partial charge in [-0.25, -0.2) is 4.98 Å². The van der Waals surface area contributed by atoms with Gasteiger partial charge in [-0.1, -0.05) is 12.1 Å². The molecule has 1 aromatic heterocycles. The van der Waals surface area contributed by atoms with Crippen LogP contribution in [0.1, 0.15) is 11.4 Å². The Kier molecular flexibility index (Phi) is 3.62. The first kappa shape index (κ1) is 12.2. The van der Waals surface area contributed by atoms with Crippen molar-refractivity contribution >= 4 is 5.82 Å². The van der Waals surface area contributed by atoms with Crippen LogP contribution in [0.3, 0.4) is 0 Å². The molecule has 0 radical (unpaired) electrons. The van der Waals surface area contributed by atoms with Gasteiger partial charge in [-0.15, -0.1) is 0 Å². The Bertz CT molecular complexity index is 593. The van der Waals surface area contributed by atoms with Crippen molar-refractivity contribution in [2.24, 2.45) is 0 Å². The van der Waals surface area contributed by atoms with Crippen LogP contribution in [-0.4, -0.2) is 17.1 Å². The number of methoxy groups -OCH3 is 1. The molecule has 0 unspecified atom stereocenters. The first-order chi connectivity index (χ1) is 8.67. The number of nitrogens with one attached hydrogen (secondary N) is 2. The molecule has 0 saturated heterocycles. The Morgan fingerprint density at radius 1 is 1.39 bits per heavy atom. The Balaban J connectivity index is 2.08. The van der Waals surface area contributed by atoms with Crippen molar-refractivity contribution < 1.29 is 4.74 Å². The van der Waals surface area contributed by atoms with E-state index in [1.807, 2.05) is 24.3 Å². The van der Waals surface area contributed by atoms with Gasteiger partial charge in [0.1, 0.15) is 17.4 Å². The summed E-state index contributed by atoms with van der Waals surface area (Å²) < 4.78 is 5.15. The second kappa shape index (κ2) is 5.35. The molecule has 0 aliphatic rings. The van der Waals surface area contributed by atoms with Crippen LogP contribution in [-0.2, 0) is 6.54 Å². The fraction of sp³-hybridized carbons (Fsp3) is 0.231. The lowest BCUT2D eigenvalue weighted by Crippen LogP contribution is -2.11. The van der Waals surface area contributed by atoms with E-state index in [9.17, 15) is 4.79 Å². The van der Waals surface area contributed by atoms with Gasteiger partial charge in [0, 0.05) is 12.6 Å². The van der Waals surface area contributed by atoms with Gasteiger partial charge in [-0.05, 0) is 24.6 Å². The quantitative estimate of drug-likeness (QED) is 0.860. The molecule has 5 heteroatoms. The third-order valence-electron chi connectivity index (χ3n) is 2.47. The minimum Gasteiger partial charge on any atom is -0.497 e. The Labute approximate surface area is 105 Å². The standard InChI is InChI=1S/C13H15N3O2/c1-9-15-12(7-13(17)16-9)14-8-10-4-3-5-11(6-10)18-2/h3-7H,8H2,1-2H3,(H2,14,15,16,17). The molecule has 0 bridgehead atoms. The summed E-state index contributed by atoms with van der Waals surface area (Å²) in [5, 5.41) is 3.11. The van der Waals surface area contributed by atoms with E-state index in [-0.39, 0.29) is 5.56 Å². The predicted molar refractivity (Wildman–Crippen MR) is 69.9 cm³/mol. The highest BCUT2D eigenvalue weighted by Crippen LogP contribution is 2.13. The van der Waals surface area contributed by atoms with Gasteiger partial charge in [0.2, 0.25) is 0 Å². The summed E-state index contributed by atoms with van der Waals surface area (Å²) in [6, 6.07) is 9.17. The zero-order chi connectivity index (χ0) is 13.0. The summed E-state index contributed by atoms with van der Waals surface area (Å²) in [7, 11) is 1.63. The summed E-state index contributed by atoms with van der Waals surface area (Å²) in [6.07, 6.45) is 0. The number of anilines is 1. The number of benzene rings is 1. The first-order valence-electron chi connectivity index (χ1n) is 5.62. The Morgan fingerprint density at radius 3 is 2.94 bits per heavy atom. The molecule has 94 valence electrons. The summed E-state index contributed by atoms with van der Waals surface area (Å²) in [6.45, 7) is 2.34. The smallest absolute Gasteiger partial charge is 0.252 e. The van der Waals surface area contributed by atoms with Crippen molar-refractivity contribution in [2.75, 3.05) is 12.4 Å². The van der Waals surface area contributed by atoms with Crippen LogP contribution in [0.25, 0.3) is 0 Å². The van der Waals surface area contributed by atoms with E-state index in [2.05, 4.69) is 15.3 Å². The monoisotopic (exact) mass is 245 g/mol. The second-order valence-electron chi connectivity index (χ2n) is 3.92. The minimum atomic E-state index is -0.157. The van der Waals surface area contributed by atoms with E-state index in [1.54, 1.807) is 14.0 Å². The molecule has 1 aromatic carbocycles. The first-order valence-corrected chi connectivity index (χ1v) is 5.62. The fourth-order valence-electron chi connectivity index (χ4n) is 1.65. The zero-order valence-corrected chi connectivity index (χ0v) is 10.4. The van der Waals surface area contributed by atoms with Crippen LogP contribution in [0, 0.1) is 6.92 Å². The number of ether oxygens (including phenoxy) is 1. The molecule has 0 aliphatic carbocycles. The van der Waals surface area contributed by atoms with Gasteiger partial charge in [-0.3, -0.25) is 4.79 Å². The maximum atomic E-state index is 11.3. The molecular formula is C13H15N3O2. The Hall–Kier alpha value is -2.30. The van der Waals surface area contributed by atoms with Crippen LogP contribution in [0.5, 0.6) is 5.75 Å². The number of rotatable bonds is 4. The molecule has 0 fully saturated rings. The van der Waals surface area contributed by atoms with Crippen LogP contribution in [0.15, 0.2) is 35.1 Å². The zero-order valence-electron chi connectivity index (χ0n) is 10.4. The summed E-state index contributed by atoms with van der Waals surface area (Å²) in [4.78, 5) is 18.1. The average molecular weight is 245 g/mol. The molecule has 0 spiro atoms. The number of nitrogens with zero attached hydrogens (tertiary/aromatic N) is 1. The number of aryl methyl sites for hydroxylation is 1. The van der Waals surface area contributed by atoms with Crippen LogP contribution >= 0.6 is 0 Å². The maximum absolute atomic E-state index is 11.3. The van der Waals surface area contributed by atoms with E-state index in [4.69, 9.17) is 4.74 Å². The lowest BCUT2D eigenvalue weighted by molar-refractivity contribution is 0.414. The average Bonchev–Trinajstić information content (AvgIpc) is 2.35. The minimum absolute atomic E-state index is 0.157. The Morgan fingerprint density at radius 2 is 2.22 bits per heavy atom. The number of hydrogen-bond acceptors (Lipinski definition) is 4. The highest BCUT2D eigenvalue weighted by atomic mass is 16.5. The van der Waals surface area contributed by atoms with Gasteiger partial charge in [0.15, 0.2) is 0 Å². The lowest BCUT2D eigenvalue weighted by Gasteiger charge is -2.07. The molecule has 0 atom stereocenters. The number of aromatic amines is 1. The molecule has 0 aliphatic heterocycles. The van der Waals surface area contributed by atoms with E-state index in [0.29, 0.717) is 18.2 Å². The number of hydrogen-bond donors (Lipinski definition) is 2. The van der Waals surface area contributed by atoms with E-state index < -0.39 is 0 Å². The summed E-state index contributed by atoms with van der Waals surface area (Å²) in [5.74, 6) is 1.97. The highest BCUT2D eigenvalue weighted by Gasteiger charge is 1.99. The molecule has 18 heavy (non-hydrogen) atoms. The van der Waals surface area contributed by atoms with Crippen LogP contribution < -0.4 is 15.6 Å². The molecule has 2 aromatic rings. The van der Waals surface area contributed by atoms with E-state index in [0.717, 1.165) is 11.3 Å². The summed E-state index contributed by atoms with van der Waals surface area (Å²) >= 11 is 0. The van der Waals surface area contributed by atoms with Crippen molar-refractivity contribution in [1.29, 1.82) is 0 Å². The molecular weight excluding hydrogens is 230 g/mol. The van der Waals surface area contributed by atoms with E-state index in [1.165, 1.54) is 6.07 Å². The SMILES string of the molecule is COc1cccc(CNc2cc(=O)[nH]c(C)n2)c1. The molecule has 2 rings (SSSR count). The van der Waals surface area contributed by atoms with Gasteiger partial charge >= 0.3 is 0 Å². The molecule has 0 saturated carbocycles. The molecule has 5 nitrogen and oxygen atoms in total. The highest BCUT2D eigenvalue weighted by molar-refractivity contribution is 5.36. The van der Waals surface area contributed by atoms with Crippen molar-refractivity contribution in [2.45, 2.75) is 13.5 Å². The third-order valence-corrected chi connectivity index (χ3v) is 2.47. The largest absolute Gasteiger partial charge is 0.497 e. The van der Waals surface area contributed by atoms with Gasteiger partial charge in [0.25, 0.3) is 5.56 Å². The van der Waals surface area contributed by atoms with Crippen LogP contribution in [0.2, 0.25) is 0 Å². The van der Waals surface area contributed by atoms with Crippen molar-refractivity contribution in [3.63, 3.8) is 0 Å². The van der Waals surface area contributed by atoms with Crippen molar-refractivity contribution in [1.82, 2.24) is 9.97 Å². The normalized spacial score (nSPS) is 10.1. The van der Waals surface area contributed by atoms with Crippen molar-refractivity contribution in [3.8, 4) is 5.75 Å². The predicted octanol–water partition coefficient (Wildman–Crippen LogP) is 1.70. The second-order valence-corrected chi connectivity index (χ2v) is 3.92. The molecule has 1 heterocycles. The van der Waals surface area contributed by atoms with Crippen LogP contribution in [0.4, 0.5) is 5.82 Å². The fourth-order valence-corrected chi connectivity index (χ4v) is 1.65. The van der Waals surface area contributed by atoms with Gasteiger partial charge < -0.3 is 15.0 Å². The van der Waals surface area contributed by atoms with Gasteiger partial charge in [0.05, 0.1) is 7.11 Å².